The summed E-state index contributed by atoms with van der Waals surface area (Å²) in [6.45, 7) is 12.1. The van der Waals surface area contributed by atoms with Crippen molar-refractivity contribution >= 4 is 82.7 Å². The van der Waals surface area contributed by atoms with Crippen LogP contribution in [0.3, 0.4) is 0 Å². The van der Waals surface area contributed by atoms with Crippen molar-refractivity contribution in [2.75, 3.05) is 0 Å². The van der Waals surface area contributed by atoms with Crippen LogP contribution in [-0.4, -0.2) is 58.4 Å². The zero-order valence-corrected chi connectivity index (χ0v) is 75.7. The van der Waals surface area contributed by atoms with E-state index < -0.39 is 18.3 Å². The summed E-state index contributed by atoms with van der Waals surface area (Å²) in [6.07, 6.45) is 5.45. The van der Waals surface area contributed by atoms with Crippen molar-refractivity contribution in [3.63, 3.8) is 0 Å². The van der Waals surface area contributed by atoms with Crippen molar-refractivity contribution in [2.24, 2.45) is 3.50 Å². The molecule has 0 unspecified atom stereocenters. The first-order valence-corrected chi connectivity index (χ1v) is 43.6. The van der Waals surface area contributed by atoms with E-state index >= 15 is 0 Å². The molecule has 20 heteroatoms. The molecule has 0 amide bonds. The molecule has 0 aliphatic heterocycles. The molecule has 0 atom stereocenters. The van der Waals surface area contributed by atoms with Crippen LogP contribution >= 0.6 is 11.6 Å². The van der Waals surface area contributed by atoms with Crippen molar-refractivity contribution in [1.29, 1.82) is 0 Å². The smallest absolute Gasteiger partial charge is 2.00 e. The maximum Gasteiger partial charge on any atom is 2.00 e. The first-order chi connectivity index (χ1) is 62.2. The number of aromatic nitrogens is 12. The Balaban J connectivity index is 0.000000121. The number of ether oxygens (including phenoxy) is 3. The molecule has 128 heavy (non-hydrogen) atoms. The van der Waals surface area contributed by atoms with Gasteiger partial charge in [0.25, 0.3) is 0 Å². The van der Waals surface area contributed by atoms with Gasteiger partial charge in [0, 0.05) is 104 Å². The molecule has 9 aromatic heterocycles. The molecule has 22 aromatic rings. The molecule has 1 N–H and O–H groups in total. The van der Waals surface area contributed by atoms with Crippen molar-refractivity contribution in [3.8, 4) is 96.6 Å². The van der Waals surface area contributed by atoms with Crippen LogP contribution in [0, 0.1) is 53.7 Å². The van der Waals surface area contributed by atoms with Crippen molar-refractivity contribution in [1.82, 2.24) is 58.4 Å². The van der Waals surface area contributed by atoms with Crippen LogP contribution in [0.2, 0.25) is 5.15 Å². The molecule has 0 saturated carbocycles. The van der Waals surface area contributed by atoms with E-state index in [9.17, 15) is 3.40 Å². The van der Waals surface area contributed by atoms with E-state index in [1.54, 1.807) is 6.20 Å². The van der Waals surface area contributed by atoms with E-state index in [-0.39, 0.29) is 21.1 Å². The number of H-pyrrole nitrogens is 1. The minimum absolute atomic E-state index is 0. The van der Waals surface area contributed by atoms with Gasteiger partial charge in [0.05, 0.1) is 45.0 Å². The number of halogens is 1. The summed E-state index contributed by atoms with van der Waals surface area (Å²) >= 11 is 4.58. The number of aryl methyl sites for hydroxylation is 6. The molecular formula is C108H82ClN13O4Pt2. The molecule has 0 fully saturated rings. The number of hydrogen-bond acceptors (Lipinski definition) is 11. The summed E-state index contributed by atoms with van der Waals surface area (Å²) in [4.78, 5) is 16.9. The molecule has 630 valence electrons. The quantitative estimate of drug-likeness (QED) is 0.0768. The fraction of sp³-hybridized carbons (Fsp3) is 0.0556. The number of fused-ring (bicyclic) bond motifs is 9. The molecule has 0 aliphatic rings. The molecule has 17 nitrogen and oxygen atoms in total. The van der Waals surface area contributed by atoms with E-state index in [2.05, 4.69) is 222 Å². The Morgan fingerprint density at radius 2 is 0.773 bits per heavy atom. The Morgan fingerprint density at radius 1 is 0.336 bits per heavy atom. The van der Waals surface area contributed by atoms with Crippen molar-refractivity contribution in [3.05, 3.63) is 434 Å². The number of benzene rings is 13. The Bertz CT molecular complexity index is 7470. The van der Waals surface area contributed by atoms with Gasteiger partial charge in [0.2, 0.25) is 0 Å². The molecule has 0 radical (unpaired) electrons. The number of nitrogens with one attached hydrogen (secondary N) is 1. The van der Waals surface area contributed by atoms with E-state index in [1.165, 1.54) is 16.2 Å². The van der Waals surface area contributed by atoms with Crippen LogP contribution < -0.4 is 14.2 Å². The summed E-state index contributed by atoms with van der Waals surface area (Å²) in [6, 6.07) is 129. The number of pyridine rings is 3. The van der Waals surface area contributed by atoms with E-state index in [4.69, 9.17) is 35.8 Å². The summed E-state index contributed by atoms with van der Waals surface area (Å²) in [5, 5.41) is 21.3. The Kier molecular flexibility index (Phi) is 26.0. The van der Waals surface area contributed by atoms with Gasteiger partial charge in [-0.15, -0.1) is 35.7 Å². The molecule has 9 heterocycles. The Hall–Kier alpha value is -15.0. The molecule has 0 saturated heterocycles. The zero-order chi connectivity index (χ0) is 86.7. The Labute approximate surface area is 767 Å². The molecule has 0 spiro atoms. The second-order valence-corrected chi connectivity index (χ2v) is 31.6. The van der Waals surface area contributed by atoms with Crippen LogP contribution in [0.5, 0.6) is 34.5 Å². The summed E-state index contributed by atoms with van der Waals surface area (Å²) in [5.74, 6) is 6.01. The molecular weight excluding hydrogens is 1970 g/mol. The number of hydrogen-bond donors (Lipinski definition) is 1. The van der Waals surface area contributed by atoms with Crippen molar-refractivity contribution < 1.29 is 57.0 Å². The SMILES string of the molecule is Cc1cc(C)n(-c2[c-]c(Oc3[c-]c4c(cc3)c3ccccc3n4-c3cc(-c4ccccc4)ccn3)ccc2)n1.Cc1cc(C)n(-c2cccc(Oc3ccc4c(c3)[nH]c3ccccc34)c2)n1.Cc1cc(C)n(-c2cccc(Oc3ccc4c5ccccc5n(-c5cc(-c6ccccc6)ccn5)c4c3)c2)n1.Clc1cc(-c2ccccc2)ccn1.[O]=[Pt]=[N]c1ccccc1.[Pt+2]. The van der Waals surface area contributed by atoms with Crippen LogP contribution in [0.15, 0.2) is 386 Å². The minimum Gasteiger partial charge on any atom is 2.00 e. The Morgan fingerprint density at radius 3 is 1.33 bits per heavy atom. The van der Waals surface area contributed by atoms with E-state index in [0.29, 0.717) is 16.7 Å². The number of para-hydroxylation sites is 3. The van der Waals surface area contributed by atoms with E-state index in [1.807, 2.05) is 260 Å². The van der Waals surface area contributed by atoms with Gasteiger partial charge >= 0.3 is 82.3 Å². The maximum atomic E-state index is 10.0. The predicted molar refractivity (Wildman–Crippen MR) is 505 cm³/mol. The van der Waals surface area contributed by atoms with Crippen LogP contribution in [0.4, 0.5) is 5.69 Å². The molecule has 13 aromatic carbocycles. The molecule has 0 aliphatic carbocycles. The third-order valence-corrected chi connectivity index (χ3v) is 22.4. The third kappa shape index (κ3) is 19.3. The maximum absolute atomic E-state index is 10.0. The number of rotatable bonds is 15. The molecule has 22 rings (SSSR count). The van der Waals surface area contributed by atoms with Gasteiger partial charge in [-0.3, -0.25) is 9.25 Å². The fourth-order valence-electron chi connectivity index (χ4n) is 15.8. The zero-order valence-electron chi connectivity index (χ0n) is 70.4. The first kappa shape index (κ1) is 85.2. The monoisotopic (exact) mass is 2050 g/mol. The average molecular weight is 2050 g/mol. The van der Waals surface area contributed by atoms with Gasteiger partial charge in [0.15, 0.2) is 0 Å². The standard InChI is InChI=1S/C34H26N4O.C34H24N4O.C23H19N3O.C11H8ClN.C6H5N.O.2Pt/c2*1-23-19-24(2)38(36-23)27-11-8-12-28(21-27)39-29-15-16-31-30-13-6-7-14-32(30)37(33(31)22-29)34-20-26(17-18-35-34)25-9-4-3-5-10-25;1-15-12-16(2)26(25-15)17-6-5-7-18(13-17)27-19-10-11-21-20-8-3-4-9-22(20)24-23(21)14-19;12-11-8-10(6-7-13-11)9-4-2-1-3-5-9;7-6-4-2-1-3-5-6;;;/h3-22H,1-2H3;3-20H,1-2H3;3-14,24H,1-2H3;1-8H;1-5H;;;/q;-2;;;;;;+2. The van der Waals surface area contributed by atoms with Crippen LogP contribution in [-0.2, 0) is 42.8 Å². The van der Waals surface area contributed by atoms with Crippen LogP contribution in [0.1, 0.15) is 34.2 Å². The number of aromatic amines is 1. The molecule has 0 bridgehead atoms. The minimum atomic E-state index is -1.20. The summed E-state index contributed by atoms with van der Waals surface area (Å²) in [7, 11) is 0. The average Bonchev–Trinajstić information content (AvgIpc) is 1.59. The van der Waals surface area contributed by atoms with Gasteiger partial charge < -0.3 is 23.8 Å². The predicted octanol–water partition coefficient (Wildman–Crippen LogP) is 27.7. The van der Waals surface area contributed by atoms with Gasteiger partial charge in [-0.2, -0.15) is 27.4 Å². The van der Waals surface area contributed by atoms with Gasteiger partial charge in [-0.05, 0) is 207 Å². The first-order valence-electron chi connectivity index (χ1n) is 41.3. The van der Waals surface area contributed by atoms with Gasteiger partial charge in [0.1, 0.15) is 39.8 Å². The largest absolute Gasteiger partial charge is 2.00 e. The topological polar surface area (TPSA) is 175 Å². The second-order valence-electron chi connectivity index (χ2n) is 30.3. The second kappa shape index (κ2) is 39.0. The van der Waals surface area contributed by atoms with Gasteiger partial charge in [-0.25, -0.2) is 24.3 Å². The summed E-state index contributed by atoms with van der Waals surface area (Å²) < 4.78 is 42.7. The van der Waals surface area contributed by atoms with E-state index in [0.717, 1.165) is 174 Å². The van der Waals surface area contributed by atoms with Gasteiger partial charge in [-0.1, -0.05) is 175 Å². The van der Waals surface area contributed by atoms with Crippen LogP contribution in [0.25, 0.3) is 127 Å². The fourth-order valence-corrected chi connectivity index (χ4v) is 16.5. The van der Waals surface area contributed by atoms with Crippen molar-refractivity contribution in [2.45, 2.75) is 41.5 Å². The number of nitrogens with zero attached hydrogens (tertiary/aromatic N) is 12. The normalized spacial score (nSPS) is 11.0. The third-order valence-electron chi connectivity index (χ3n) is 21.4. The summed E-state index contributed by atoms with van der Waals surface area (Å²) in [5.41, 5.74) is 22.9.